The minimum absolute atomic E-state index is 0. The standard InChI is InChI=1S/C3H6.CH3.3W/c1-3-2;;;;/h1-3H2;1H3;;;/q-2;-1;;;+2. The molecule has 0 heterocycles. The van der Waals surface area contributed by atoms with Crippen LogP contribution in [0.2, 0.25) is 0 Å². The van der Waals surface area contributed by atoms with Gasteiger partial charge in [0.1, 0.15) is 0 Å². The zero-order valence-electron chi connectivity index (χ0n) is 4.35. The Hall–Kier alpha value is 2.06. The second-order valence-electron chi connectivity index (χ2n) is 0.354. The molecule has 0 aliphatic carbocycles. The fraction of sp³-hybridized carbons (Fsp3) is 0.250. The minimum atomic E-state index is 0. The number of hydrogen-bond donors (Lipinski definition) is 0. The molecule has 0 N–H and O–H groups in total. The number of hydrogen-bond acceptors (Lipinski definition) is 0. The first-order valence-electron chi connectivity index (χ1n) is 1.000. The predicted molar refractivity (Wildman–Crippen MR) is 21.7 cm³/mol. The van der Waals surface area contributed by atoms with E-state index in [1.165, 1.54) is 0 Å². The average molecular weight is 609 g/mol. The molecule has 0 aromatic rings. The van der Waals surface area contributed by atoms with Gasteiger partial charge in [-0.3, -0.25) is 0 Å². The van der Waals surface area contributed by atoms with E-state index >= 15 is 0 Å². The summed E-state index contributed by atoms with van der Waals surface area (Å²) >= 11 is 0. The molecule has 0 saturated heterocycles. The third-order valence-electron chi connectivity index (χ3n) is 0. The molecule has 0 nitrogen and oxygen atoms in total. The molecular formula is C4H9W3-. The van der Waals surface area contributed by atoms with Gasteiger partial charge >= 0.3 is 21.1 Å². The monoisotopic (exact) mass is 609 g/mol. The van der Waals surface area contributed by atoms with Crippen LogP contribution in [0.1, 0.15) is 6.42 Å². The first-order valence-corrected chi connectivity index (χ1v) is 1.000. The zero-order chi connectivity index (χ0) is 2.71. The molecule has 0 aliphatic rings. The Morgan fingerprint density at radius 3 is 1.00 bits per heavy atom. The van der Waals surface area contributed by atoms with Gasteiger partial charge in [0, 0.05) is 42.1 Å². The van der Waals surface area contributed by atoms with Crippen molar-refractivity contribution in [3.05, 3.63) is 21.3 Å². The van der Waals surface area contributed by atoms with Crippen LogP contribution in [-0.2, 0) is 63.2 Å². The Balaban J connectivity index is -0.00000000333. The fourth-order valence-electron chi connectivity index (χ4n) is 0. The second kappa shape index (κ2) is 42.9. The summed E-state index contributed by atoms with van der Waals surface area (Å²) in [6.45, 7) is 6.75. The van der Waals surface area contributed by atoms with E-state index < -0.39 is 0 Å². The Kier molecular flexibility index (Phi) is 218. The van der Waals surface area contributed by atoms with Crippen molar-refractivity contribution < 1.29 is 63.2 Å². The second-order valence-corrected chi connectivity index (χ2v) is 0.354. The number of rotatable bonds is 0. The smallest absolute Gasteiger partial charge is 0.372 e. The Bertz CT molecular complexity index is 6.90. The quantitative estimate of drug-likeness (QED) is 0.366. The normalized spacial score (nSPS) is 2.57. The predicted octanol–water partition coefficient (Wildman–Crippen LogP) is 1.49. The molecule has 3 heteroatoms. The van der Waals surface area contributed by atoms with Crippen molar-refractivity contribution in [2.75, 3.05) is 0 Å². The van der Waals surface area contributed by atoms with E-state index in [0.29, 0.717) is 0 Å². The van der Waals surface area contributed by atoms with Crippen LogP contribution >= 0.6 is 0 Å². The van der Waals surface area contributed by atoms with Gasteiger partial charge in [0.25, 0.3) is 0 Å². The Labute approximate surface area is 90.0 Å². The maximum atomic E-state index is 3.38. The van der Waals surface area contributed by atoms with E-state index in [4.69, 9.17) is 0 Å². The van der Waals surface area contributed by atoms with Crippen LogP contribution in [-0.4, -0.2) is 0 Å². The summed E-state index contributed by atoms with van der Waals surface area (Å²) in [6, 6.07) is 0. The van der Waals surface area contributed by atoms with Gasteiger partial charge in [0.15, 0.2) is 0 Å². The van der Waals surface area contributed by atoms with Crippen LogP contribution in [0.15, 0.2) is 0 Å². The van der Waals surface area contributed by atoms with Gasteiger partial charge in [0.05, 0.1) is 0 Å². The van der Waals surface area contributed by atoms with E-state index in [1.54, 1.807) is 0 Å². The third-order valence-corrected chi connectivity index (χ3v) is 0. The van der Waals surface area contributed by atoms with Gasteiger partial charge in [-0.2, -0.15) is 0 Å². The maximum Gasteiger partial charge on any atom is 2.00 e. The molecule has 0 unspecified atom stereocenters. The molecule has 0 saturated carbocycles. The van der Waals surface area contributed by atoms with Gasteiger partial charge in [-0.25, -0.2) is 0 Å². The fourth-order valence-corrected chi connectivity index (χ4v) is 0. The van der Waals surface area contributed by atoms with E-state index in [1.807, 2.05) is 0 Å². The van der Waals surface area contributed by atoms with E-state index in [0.717, 1.165) is 6.42 Å². The van der Waals surface area contributed by atoms with Crippen LogP contribution in [0.25, 0.3) is 0 Å². The minimum Gasteiger partial charge on any atom is -0.372 e. The largest absolute Gasteiger partial charge is 2.00 e. The molecule has 44 valence electrons. The van der Waals surface area contributed by atoms with Gasteiger partial charge in [-0.15, -0.1) is 0 Å². The van der Waals surface area contributed by atoms with Gasteiger partial charge in [-0.05, 0) is 0 Å². The van der Waals surface area contributed by atoms with Crippen LogP contribution in [0.5, 0.6) is 0 Å². The van der Waals surface area contributed by atoms with Crippen molar-refractivity contribution in [1.29, 1.82) is 0 Å². The molecule has 0 radical (unpaired) electrons. The molecule has 0 bridgehead atoms. The Morgan fingerprint density at radius 2 is 1.00 bits per heavy atom. The average Bonchev–Trinajstić information content (AvgIpc) is 0.918. The van der Waals surface area contributed by atoms with Crippen LogP contribution in [0.3, 0.4) is 0 Å². The van der Waals surface area contributed by atoms with Crippen molar-refractivity contribution in [3.63, 3.8) is 0 Å². The van der Waals surface area contributed by atoms with Crippen LogP contribution in [0, 0.1) is 21.3 Å². The SMILES string of the molecule is [CH2-]C[CH2-].[CH3-].[W+2].[W].[W]. The van der Waals surface area contributed by atoms with Gasteiger partial charge in [0.2, 0.25) is 0 Å². The van der Waals surface area contributed by atoms with Crippen molar-refractivity contribution in [2.45, 2.75) is 6.42 Å². The van der Waals surface area contributed by atoms with Crippen molar-refractivity contribution in [3.8, 4) is 0 Å². The molecule has 0 aromatic heterocycles. The molecule has 0 aliphatic heterocycles. The first-order chi connectivity index (χ1) is 1.41. The molecule has 0 amide bonds. The van der Waals surface area contributed by atoms with Gasteiger partial charge < -0.3 is 27.7 Å². The summed E-state index contributed by atoms with van der Waals surface area (Å²) in [6.07, 6.45) is 0.750. The molecule has 0 aromatic carbocycles. The van der Waals surface area contributed by atoms with Gasteiger partial charge in [-0.1, -0.05) is 0 Å². The summed E-state index contributed by atoms with van der Waals surface area (Å²) in [7, 11) is 0. The first kappa shape index (κ1) is 35.7. The maximum absolute atomic E-state index is 3.38. The molecular weight excluding hydrogens is 600 g/mol. The summed E-state index contributed by atoms with van der Waals surface area (Å²) < 4.78 is 0. The zero-order valence-corrected chi connectivity index (χ0v) is 13.1. The summed E-state index contributed by atoms with van der Waals surface area (Å²) in [5, 5.41) is 0. The van der Waals surface area contributed by atoms with Crippen LogP contribution < -0.4 is 0 Å². The van der Waals surface area contributed by atoms with Crippen molar-refractivity contribution in [2.24, 2.45) is 0 Å². The van der Waals surface area contributed by atoms with Crippen LogP contribution in [0.4, 0.5) is 0 Å². The molecule has 7 heavy (non-hydrogen) atoms. The topological polar surface area (TPSA) is 0 Å². The summed E-state index contributed by atoms with van der Waals surface area (Å²) in [5.41, 5.74) is 0. The molecule has 0 atom stereocenters. The van der Waals surface area contributed by atoms with Crippen molar-refractivity contribution >= 4 is 0 Å². The summed E-state index contributed by atoms with van der Waals surface area (Å²) in [5.74, 6) is 0. The summed E-state index contributed by atoms with van der Waals surface area (Å²) in [4.78, 5) is 0. The molecule has 0 fully saturated rings. The Morgan fingerprint density at radius 1 is 1.00 bits per heavy atom. The van der Waals surface area contributed by atoms with E-state index in [2.05, 4.69) is 13.8 Å². The van der Waals surface area contributed by atoms with E-state index in [9.17, 15) is 0 Å². The third kappa shape index (κ3) is 69.6. The molecule has 0 rings (SSSR count). The van der Waals surface area contributed by atoms with Crippen molar-refractivity contribution in [1.82, 2.24) is 0 Å². The van der Waals surface area contributed by atoms with E-state index in [-0.39, 0.29) is 70.6 Å². The molecule has 0 spiro atoms.